The summed E-state index contributed by atoms with van der Waals surface area (Å²) in [5, 5.41) is 1.38. The average Bonchev–Trinajstić information content (AvgIpc) is 2.23. The summed E-state index contributed by atoms with van der Waals surface area (Å²) in [5.74, 6) is 1.78. The third-order valence-corrected chi connectivity index (χ3v) is 2.67. The van der Waals surface area contributed by atoms with Gasteiger partial charge in [-0.25, -0.2) is 0 Å². The standard InChI is InChI=1S/C12H12OSi/c14-12-8-6-11(7-9-12)13-10-4-2-1-3-5-10/h1-9H,14H3. The van der Waals surface area contributed by atoms with Gasteiger partial charge in [-0.2, -0.15) is 0 Å². The van der Waals surface area contributed by atoms with Crippen LogP contribution in [0.2, 0.25) is 0 Å². The van der Waals surface area contributed by atoms with Crippen LogP contribution in [0.5, 0.6) is 11.5 Å². The molecule has 0 spiro atoms. The van der Waals surface area contributed by atoms with Gasteiger partial charge in [0, 0.05) is 10.2 Å². The number of para-hydroxylation sites is 1. The van der Waals surface area contributed by atoms with Gasteiger partial charge in [0.1, 0.15) is 11.5 Å². The van der Waals surface area contributed by atoms with Crippen molar-refractivity contribution in [1.29, 1.82) is 0 Å². The molecule has 0 radical (unpaired) electrons. The minimum Gasteiger partial charge on any atom is -0.457 e. The summed E-state index contributed by atoms with van der Waals surface area (Å²) in [7, 11) is 1.09. The summed E-state index contributed by atoms with van der Waals surface area (Å²) < 4.78 is 5.65. The molecule has 1 nitrogen and oxygen atoms in total. The second-order valence-corrected chi connectivity index (χ2v) is 4.38. The molecule has 2 aromatic carbocycles. The number of benzene rings is 2. The van der Waals surface area contributed by atoms with E-state index in [0.717, 1.165) is 21.7 Å². The molecule has 0 bridgehead atoms. The Hall–Kier alpha value is -1.54. The first kappa shape index (κ1) is 9.03. The lowest BCUT2D eigenvalue weighted by molar-refractivity contribution is 0.483. The van der Waals surface area contributed by atoms with Gasteiger partial charge in [-0.15, -0.1) is 0 Å². The molecule has 0 atom stereocenters. The Morgan fingerprint density at radius 1 is 0.714 bits per heavy atom. The largest absolute Gasteiger partial charge is 0.457 e. The molecule has 0 amide bonds. The number of hydrogen-bond donors (Lipinski definition) is 0. The molecule has 0 saturated heterocycles. The minimum atomic E-state index is 0.883. The van der Waals surface area contributed by atoms with E-state index < -0.39 is 0 Å². The van der Waals surface area contributed by atoms with Gasteiger partial charge in [0.2, 0.25) is 0 Å². The summed E-state index contributed by atoms with van der Waals surface area (Å²) in [6.45, 7) is 0. The zero-order valence-electron chi connectivity index (χ0n) is 8.10. The first-order chi connectivity index (χ1) is 6.84. The lowest BCUT2D eigenvalue weighted by Crippen LogP contribution is -1.99. The van der Waals surface area contributed by atoms with E-state index >= 15 is 0 Å². The summed E-state index contributed by atoms with van der Waals surface area (Å²) >= 11 is 0. The summed E-state index contributed by atoms with van der Waals surface area (Å²) in [6.07, 6.45) is 0. The molecule has 2 heteroatoms. The van der Waals surface area contributed by atoms with Gasteiger partial charge in [-0.3, -0.25) is 0 Å². The first-order valence-electron chi connectivity index (χ1n) is 4.64. The summed E-state index contributed by atoms with van der Waals surface area (Å²) in [4.78, 5) is 0. The van der Waals surface area contributed by atoms with Crippen LogP contribution in [-0.2, 0) is 0 Å². The zero-order valence-corrected chi connectivity index (χ0v) is 10.1. The Morgan fingerprint density at radius 2 is 1.29 bits per heavy atom. The molecule has 0 fully saturated rings. The highest BCUT2D eigenvalue weighted by Gasteiger charge is 1.94. The molecular weight excluding hydrogens is 188 g/mol. The van der Waals surface area contributed by atoms with Gasteiger partial charge >= 0.3 is 0 Å². The monoisotopic (exact) mass is 200 g/mol. The Labute approximate surface area is 86.8 Å². The molecule has 0 aliphatic heterocycles. The van der Waals surface area contributed by atoms with Crippen LogP contribution >= 0.6 is 0 Å². The molecule has 14 heavy (non-hydrogen) atoms. The van der Waals surface area contributed by atoms with Gasteiger partial charge in [0.25, 0.3) is 0 Å². The SMILES string of the molecule is [SiH3]c1ccc(Oc2ccccc2)cc1. The van der Waals surface area contributed by atoms with Crippen LogP contribution in [0.25, 0.3) is 0 Å². The van der Waals surface area contributed by atoms with E-state index in [-0.39, 0.29) is 0 Å². The van der Waals surface area contributed by atoms with Gasteiger partial charge < -0.3 is 4.74 Å². The van der Waals surface area contributed by atoms with Gasteiger partial charge in [0.15, 0.2) is 0 Å². The van der Waals surface area contributed by atoms with E-state index in [9.17, 15) is 0 Å². The van der Waals surface area contributed by atoms with Gasteiger partial charge in [-0.1, -0.05) is 35.5 Å². The second kappa shape index (κ2) is 4.11. The molecule has 0 aliphatic rings. The maximum atomic E-state index is 5.65. The number of hydrogen-bond acceptors (Lipinski definition) is 1. The van der Waals surface area contributed by atoms with Crippen molar-refractivity contribution in [3.8, 4) is 11.5 Å². The van der Waals surface area contributed by atoms with Crippen molar-refractivity contribution in [1.82, 2.24) is 0 Å². The molecular formula is C12H12OSi. The Kier molecular flexibility index (Phi) is 2.65. The maximum absolute atomic E-state index is 5.65. The molecule has 0 unspecified atom stereocenters. The molecule has 0 saturated carbocycles. The van der Waals surface area contributed by atoms with Crippen LogP contribution in [0.15, 0.2) is 54.6 Å². The van der Waals surface area contributed by atoms with Crippen LogP contribution in [0, 0.1) is 0 Å². The van der Waals surface area contributed by atoms with Crippen LogP contribution in [0.4, 0.5) is 0 Å². The Balaban J connectivity index is 2.16. The van der Waals surface area contributed by atoms with E-state index in [1.165, 1.54) is 5.19 Å². The highest BCUT2D eigenvalue weighted by molar-refractivity contribution is 6.32. The molecule has 2 aromatic rings. The highest BCUT2D eigenvalue weighted by atomic mass is 28.1. The van der Waals surface area contributed by atoms with Crippen molar-refractivity contribution >= 4 is 15.4 Å². The zero-order chi connectivity index (χ0) is 9.80. The van der Waals surface area contributed by atoms with Crippen molar-refractivity contribution in [3.63, 3.8) is 0 Å². The Morgan fingerprint density at radius 3 is 1.93 bits per heavy atom. The third kappa shape index (κ3) is 2.23. The highest BCUT2D eigenvalue weighted by Crippen LogP contribution is 2.18. The van der Waals surface area contributed by atoms with Gasteiger partial charge in [-0.05, 0) is 24.3 Å². The van der Waals surface area contributed by atoms with Crippen LogP contribution in [-0.4, -0.2) is 10.2 Å². The van der Waals surface area contributed by atoms with Crippen molar-refractivity contribution < 1.29 is 4.74 Å². The number of rotatable bonds is 2. The predicted octanol–water partition coefficient (Wildman–Crippen LogP) is 1.47. The lowest BCUT2D eigenvalue weighted by Gasteiger charge is -2.04. The van der Waals surface area contributed by atoms with E-state index in [0.29, 0.717) is 0 Å². The number of ether oxygens (including phenoxy) is 1. The van der Waals surface area contributed by atoms with Crippen molar-refractivity contribution in [2.24, 2.45) is 0 Å². The smallest absolute Gasteiger partial charge is 0.127 e. The fourth-order valence-electron chi connectivity index (χ4n) is 1.23. The molecule has 2 rings (SSSR count). The van der Waals surface area contributed by atoms with Crippen LogP contribution in [0.1, 0.15) is 0 Å². The van der Waals surface area contributed by atoms with E-state index in [1.54, 1.807) is 0 Å². The lowest BCUT2D eigenvalue weighted by atomic mass is 10.3. The van der Waals surface area contributed by atoms with Crippen molar-refractivity contribution in [3.05, 3.63) is 54.6 Å². The average molecular weight is 200 g/mol. The third-order valence-electron chi connectivity index (χ3n) is 2.00. The second-order valence-electron chi connectivity index (χ2n) is 3.23. The molecule has 0 heterocycles. The Bertz CT molecular complexity index is 394. The van der Waals surface area contributed by atoms with Crippen molar-refractivity contribution in [2.45, 2.75) is 0 Å². The fourth-order valence-corrected chi connectivity index (χ4v) is 1.56. The molecule has 0 aromatic heterocycles. The predicted molar refractivity (Wildman–Crippen MR) is 62.5 cm³/mol. The summed E-state index contributed by atoms with van der Waals surface area (Å²) in [6, 6.07) is 18.0. The van der Waals surface area contributed by atoms with Gasteiger partial charge in [0.05, 0.1) is 0 Å². The van der Waals surface area contributed by atoms with E-state index in [1.807, 2.05) is 42.5 Å². The van der Waals surface area contributed by atoms with Crippen LogP contribution < -0.4 is 9.92 Å². The fraction of sp³-hybridized carbons (Fsp3) is 0. The maximum Gasteiger partial charge on any atom is 0.127 e. The molecule has 0 N–H and O–H groups in total. The minimum absolute atomic E-state index is 0.883. The first-order valence-corrected chi connectivity index (χ1v) is 5.64. The van der Waals surface area contributed by atoms with E-state index in [2.05, 4.69) is 12.1 Å². The quantitative estimate of drug-likeness (QED) is 0.667. The van der Waals surface area contributed by atoms with Crippen molar-refractivity contribution in [2.75, 3.05) is 0 Å². The van der Waals surface area contributed by atoms with E-state index in [4.69, 9.17) is 4.74 Å². The molecule has 70 valence electrons. The normalized spacial score (nSPS) is 10.0. The van der Waals surface area contributed by atoms with Crippen LogP contribution in [0.3, 0.4) is 0 Å². The molecule has 0 aliphatic carbocycles. The summed E-state index contributed by atoms with van der Waals surface area (Å²) in [5.41, 5.74) is 0. The topological polar surface area (TPSA) is 9.23 Å².